The number of nitro groups is 1. The summed E-state index contributed by atoms with van der Waals surface area (Å²) in [4.78, 5) is 35.2. The standard InChI is InChI=1S/C10H6N2O6/c13-9(8-5-11-10(14)18-8)17-7-3-1-6(2-4-7)12(15)16/h1-5,8H. The van der Waals surface area contributed by atoms with Gasteiger partial charge in [-0.3, -0.25) is 10.1 Å². The normalized spacial score (nSPS) is 17.3. The quantitative estimate of drug-likeness (QED) is 0.344. The Morgan fingerprint density at radius 3 is 2.56 bits per heavy atom. The van der Waals surface area contributed by atoms with Crippen LogP contribution < -0.4 is 4.74 Å². The molecule has 0 aromatic heterocycles. The fraction of sp³-hybridized carbons (Fsp3) is 0.100. The first-order valence-electron chi connectivity index (χ1n) is 4.77. The van der Waals surface area contributed by atoms with E-state index < -0.39 is 23.1 Å². The molecule has 2 rings (SSSR count). The van der Waals surface area contributed by atoms with Crippen molar-refractivity contribution in [2.45, 2.75) is 6.10 Å². The van der Waals surface area contributed by atoms with Crippen LogP contribution >= 0.6 is 0 Å². The second kappa shape index (κ2) is 4.62. The predicted octanol–water partition coefficient (Wildman–Crippen LogP) is 1.09. The van der Waals surface area contributed by atoms with Gasteiger partial charge in [0.25, 0.3) is 5.69 Å². The molecule has 8 nitrogen and oxygen atoms in total. The second-order valence-electron chi connectivity index (χ2n) is 3.25. The molecule has 1 aliphatic rings. The first kappa shape index (κ1) is 11.7. The number of non-ortho nitro benzene ring substituents is 1. The monoisotopic (exact) mass is 250 g/mol. The lowest BCUT2D eigenvalue weighted by atomic mass is 10.3. The Kier molecular flexibility index (Phi) is 3.00. The Morgan fingerprint density at radius 1 is 1.39 bits per heavy atom. The van der Waals surface area contributed by atoms with Crippen LogP contribution in [0, 0.1) is 10.1 Å². The highest BCUT2D eigenvalue weighted by Crippen LogP contribution is 2.18. The van der Waals surface area contributed by atoms with Crippen LogP contribution in [-0.2, 0) is 9.53 Å². The highest BCUT2D eigenvalue weighted by Gasteiger charge is 2.27. The zero-order valence-electron chi connectivity index (χ0n) is 8.81. The first-order chi connectivity index (χ1) is 8.56. The van der Waals surface area contributed by atoms with Gasteiger partial charge in [0.15, 0.2) is 0 Å². The third kappa shape index (κ3) is 2.48. The van der Waals surface area contributed by atoms with Gasteiger partial charge in [0.2, 0.25) is 6.10 Å². The Bertz CT molecular complexity index is 536. The summed E-state index contributed by atoms with van der Waals surface area (Å²) >= 11 is 0. The number of aliphatic imine (C=N–C) groups is 1. The summed E-state index contributed by atoms with van der Waals surface area (Å²) < 4.78 is 9.36. The van der Waals surface area contributed by atoms with Gasteiger partial charge in [-0.2, -0.15) is 4.99 Å². The van der Waals surface area contributed by atoms with Crippen LogP contribution in [0.1, 0.15) is 0 Å². The molecule has 1 atom stereocenters. The van der Waals surface area contributed by atoms with Gasteiger partial charge in [0.1, 0.15) is 5.75 Å². The molecule has 8 heteroatoms. The van der Waals surface area contributed by atoms with Crippen molar-refractivity contribution >= 4 is 24.0 Å². The summed E-state index contributed by atoms with van der Waals surface area (Å²) in [5.74, 6) is -0.708. The van der Waals surface area contributed by atoms with Gasteiger partial charge in [0, 0.05) is 12.1 Å². The van der Waals surface area contributed by atoms with E-state index in [1.54, 1.807) is 0 Å². The van der Waals surface area contributed by atoms with E-state index in [4.69, 9.17) is 4.74 Å². The Labute approximate surface area is 100.0 Å². The van der Waals surface area contributed by atoms with Crippen LogP contribution in [0.5, 0.6) is 5.75 Å². The number of esters is 1. The number of carbonyl (C=O) groups excluding carboxylic acids is 2. The second-order valence-corrected chi connectivity index (χ2v) is 3.25. The first-order valence-corrected chi connectivity index (χ1v) is 4.77. The van der Waals surface area contributed by atoms with E-state index in [0.29, 0.717) is 0 Å². The molecule has 1 aromatic carbocycles. The van der Waals surface area contributed by atoms with E-state index in [2.05, 4.69) is 9.73 Å². The van der Waals surface area contributed by atoms with Crippen LogP contribution in [0.25, 0.3) is 0 Å². The minimum absolute atomic E-state index is 0.113. The number of hydrogen-bond acceptors (Lipinski definition) is 6. The Balaban J connectivity index is 2.01. The molecule has 0 radical (unpaired) electrons. The Hall–Kier alpha value is -2.77. The van der Waals surface area contributed by atoms with Crippen molar-refractivity contribution in [3.63, 3.8) is 0 Å². The maximum absolute atomic E-state index is 11.5. The van der Waals surface area contributed by atoms with E-state index in [-0.39, 0.29) is 11.4 Å². The topological polar surface area (TPSA) is 108 Å². The summed E-state index contributed by atoms with van der Waals surface area (Å²) in [6, 6.07) is 4.92. The number of carbonyl (C=O) groups is 2. The highest BCUT2D eigenvalue weighted by molar-refractivity contribution is 6.02. The zero-order valence-corrected chi connectivity index (χ0v) is 8.81. The Morgan fingerprint density at radius 2 is 2.06 bits per heavy atom. The van der Waals surface area contributed by atoms with Crippen molar-refractivity contribution in [1.82, 2.24) is 0 Å². The summed E-state index contributed by atoms with van der Waals surface area (Å²) in [5, 5.41) is 10.4. The van der Waals surface area contributed by atoms with Gasteiger partial charge in [-0.25, -0.2) is 9.59 Å². The maximum Gasteiger partial charge on any atom is 0.434 e. The zero-order chi connectivity index (χ0) is 13.1. The number of amides is 1. The fourth-order valence-electron chi connectivity index (χ4n) is 1.22. The summed E-state index contributed by atoms with van der Waals surface area (Å²) in [6.07, 6.45) is -1.01. The van der Waals surface area contributed by atoms with Gasteiger partial charge < -0.3 is 9.47 Å². The molecule has 1 aromatic rings. The lowest BCUT2D eigenvalue weighted by Gasteiger charge is -2.06. The number of rotatable bonds is 3. The van der Waals surface area contributed by atoms with E-state index in [1.165, 1.54) is 24.3 Å². The SMILES string of the molecule is O=C1N=CC(C(=O)Oc2ccc([N+](=O)[O-])cc2)O1. The van der Waals surface area contributed by atoms with Crippen LogP contribution in [0.15, 0.2) is 29.3 Å². The molecule has 1 unspecified atom stereocenters. The molecular weight excluding hydrogens is 244 g/mol. The number of ether oxygens (including phenoxy) is 2. The summed E-state index contributed by atoms with van der Waals surface area (Å²) in [6.45, 7) is 0. The molecule has 1 heterocycles. The van der Waals surface area contributed by atoms with Crippen molar-refractivity contribution in [3.8, 4) is 5.75 Å². The highest BCUT2D eigenvalue weighted by atomic mass is 16.6. The average Bonchev–Trinajstić information content (AvgIpc) is 2.76. The maximum atomic E-state index is 11.5. The number of hydrogen-bond donors (Lipinski definition) is 0. The molecule has 18 heavy (non-hydrogen) atoms. The molecule has 0 N–H and O–H groups in total. The molecule has 0 fully saturated rings. The number of benzene rings is 1. The van der Waals surface area contributed by atoms with E-state index in [0.717, 1.165) is 6.21 Å². The third-order valence-electron chi connectivity index (χ3n) is 2.04. The minimum atomic E-state index is -1.17. The molecular formula is C10H6N2O6. The molecule has 1 aliphatic heterocycles. The van der Waals surface area contributed by atoms with Crippen LogP contribution in [-0.4, -0.2) is 29.3 Å². The van der Waals surface area contributed by atoms with E-state index >= 15 is 0 Å². The molecule has 92 valence electrons. The molecule has 0 spiro atoms. The lowest BCUT2D eigenvalue weighted by molar-refractivity contribution is -0.384. The van der Waals surface area contributed by atoms with Crippen molar-refractivity contribution in [1.29, 1.82) is 0 Å². The molecule has 0 saturated heterocycles. The third-order valence-corrected chi connectivity index (χ3v) is 2.04. The van der Waals surface area contributed by atoms with Gasteiger partial charge in [-0.15, -0.1) is 0 Å². The van der Waals surface area contributed by atoms with E-state index in [1.807, 2.05) is 0 Å². The van der Waals surface area contributed by atoms with Crippen LogP contribution in [0.3, 0.4) is 0 Å². The summed E-state index contributed by atoms with van der Waals surface area (Å²) in [7, 11) is 0. The van der Waals surface area contributed by atoms with Crippen LogP contribution in [0.4, 0.5) is 10.5 Å². The predicted molar refractivity (Wildman–Crippen MR) is 57.5 cm³/mol. The van der Waals surface area contributed by atoms with Gasteiger partial charge in [-0.1, -0.05) is 0 Å². The van der Waals surface area contributed by atoms with Gasteiger partial charge in [0.05, 0.1) is 11.1 Å². The van der Waals surface area contributed by atoms with Gasteiger partial charge >= 0.3 is 12.1 Å². The van der Waals surface area contributed by atoms with Crippen molar-refractivity contribution in [2.75, 3.05) is 0 Å². The van der Waals surface area contributed by atoms with Crippen molar-refractivity contribution < 1.29 is 24.0 Å². The van der Waals surface area contributed by atoms with Crippen LogP contribution in [0.2, 0.25) is 0 Å². The minimum Gasteiger partial charge on any atom is -0.427 e. The molecule has 0 aliphatic carbocycles. The van der Waals surface area contributed by atoms with Crippen molar-refractivity contribution in [2.24, 2.45) is 4.99 Å². The largest absolute Gasteiger partial charge is 0.434 e. The average molecular weight is 250 g/mol. The van der Waals surface area contributed by atoms with Gasteiger partial charge in [-0.05, 0) is 12.1 Å². The fourth-order valence-corrected chi connectivity index (χ4v) is 1.22. The number of nitrogens with zero attached hydrogens (tertiary/aromatic N) is 2. The number of cyclic esters (lactones) is 1. The van der Waals surface area contributed by atoms with Crippen molar-refractivity contribution in [3.05, 3.63) is 34.4 Å². The number of nitro benzene ring substituents is 1. The molecule has 1 amide bonds. The smallest absolute Gasteiger partial charge is 0.427 e. The molecule has 0 saturated carbocycles. The lowest BCUT2D eigenvalue weighted by Crippen LogP contribution is -2.27. The summed E-state index contributed by atoms with van der Waals surface area (Å²) in [5.41, 5.74) is -0.122. The molecule has 0 bridgehead atoms. The van der Waals surface area contributed by atoms with E-state index in [9.17, 15) is 19.7 Å².